The van der Waals surface area contributed by atoms with Crippen molar-refractivity contribution in [1.82, 2.24) is 5.32 Å². The third-order valence-electron chi connectivity index (χ3n) is 4.27. The smallest absolute Gasteiger partial charge is 0.387 e. The molecule has 0 saturated carbocycles. The molecule has 1 N–H and O–H groups in total. The molecule has 0 atom stereocenters. The maximum absolute atomic E-state index is 12.5. The Balaban J connectivity index is 1.74. The number of sulfonamides is 1. The molecular weight excluding hydrogens is 458 g/mol. The number of nitrogens with one attached hydrogen (secondary N) is 1. The summed E-state index contributed by atoms with van der Waals surface area (Å²) < 4.78 is 55.1. The van der Waals surface area contributed by atoms with Gasteiger partial charge in [-0.05, 0) is 48.4 Å². The van der Waals surface area contributed by atoms with Crippen molar-refractivity contribution >= 4 is 37.5 Å². The van der Waals surface area contributed by atoms with Gasteiger partial charge in [-0.2, -0.15) is 8.78 Å². The topological polar surface area (TPSA) is 75.7 Å². The molecule has 3 rings (SSSR count). The van der Waals surface area contributed by atoms with E-state index < -0.39 is 22.5 Å². The molecule has 1 aliphatic rings. The molecule has 2 aromatic rings. The van der Waals surface area contributed by atoms with Crippen LogP contribution in [0.3, 0.4) is 0 Å². The zero-order valence-electron chi connectivity index (χ0n) is 14.8. The minimum absolute atomic E-state index is 0.00707. The van der Waals surface area contributed by atoms with Crippen molar-refractivity contribution in [2.45, 2.75) is 19.6 Å². The highest BCUT2D eigenvalue weighted by Gasteiger charge is 2.26. The number of hydrogen-bond donors (Lipinski definition) is 1. The van der Waals surface area contributed by atoms with Crippen LogP contribution in [0.2, 0.25) is 0 Å². The molecule has 6 nitrogen and oxygen atoms in total. The molecule has 150 valence electrons. The molecule has 1 heterocycles. The summed E-state index contributed by atoms with van der Waals surface area (Å²) in [4.78, 5) is 12.5. The van der Waals surface area contributed by atoms with Crippen molar-refractivity contribution in [1.29, 1.82) is 0 Å². The highest BCUT2D eigenvalue weighted by Crippen LogP contribution is 2.31. The van der Waals surface area contributed by atoms with Crippen LogP contribution < -0.4 is 14.4 Å². The van der Waals surface area contributed by atoms with Gasteiger partial charge in [-0.25, -0.2) is 8.42 Å². The SMILES string of the molecule is CS(=O)(=O)N1CCc2cc(C(=O)NCc3cc(Br)ccc3OC(F)F)ccc21. The summed E-state index contributed by atoms with van der Waals surface area (Å²) in [7, 11) is -3.36. The van der Waals surface area contributed by atoms with Gasteiger partial charge in [-0.3, -0.25) is 9.10 Å². The average Bonchev–Trinajstić information content (AvgIpc) is 3.04. The Morgan fingerprint density at radius 1 is 1.29 bits per heavy atom. The molecule has 10 heteroatoms. The second kappa shape index (κ2) is 8.04. The summed E-state index contributed by atoms with van der Waals surface area (Å²) in [6.45, 7) is -2.64. The molecule has 0 aliphatic carbocycles. The van der Waals surface area contributed by atoms with Crippen LogP contribution in [0.15, 0.2) is 40.9 Å². The van der Waals surface area contributed by atoms with Gasteiger partial charge in [0.2, 0.25) is 10.0 Å². The number of carbonyl (C=O) groups excluding carboxylic acids is 1. The second-order valence-electron chi connectivity index (χ2n) is 6.24. The fourth-order valence-corrected chi connectivity index (χ4v) is 4.40. The van der Waals surface area contributed by atoms with Crippen LogP contribution in [0.4, 0.5) is 14.5 Å². The summed E-state index contributed by atoms with van der Waals surface area (Å²) in [5.74, 6) is -0.417. The average molecular weight is 475 g/mol. The molecule has 0 spiro atoms. The summed E-state index contributed by atoms with van der Waals surface area (Å²) in [6.07, 6.45) is 1.65. The number of hydrogen-bond acceptors (Lipinski definition) is 4. The first-order valence-corrected chi connectivity index (χ1v) is 10.9. The molecule has 0 radical (unpaired) electrons. The molecule has 1 aliphatic heterocycles. The number of benzene rings is 2. The Morgan fingerprint density at radius 2 is 2.04 bits per heavy atom. The zero-order chi connectivity index (χ0) is 20.5. The number of anilines is 1. The fourth-order valence-electron chi connectivity index (χ4n) is 3.03. The maximum Gasteiger partial charge on any atom is 0.387 e. The monoisotopic (exact) mass is 474 g/mol. The number of alkyl halides is 2. The van der Waals surface area contributed by atoms with Crippen LogP contribution in [-0.2, 0) is 23.0 Å². The first kappa shape index (κ1) is 20.5. The van der Waals surface area contributed by atoms with E-state index in [0.717, 1.165) is 11.8 Å². The summed E-state index contributed by atoms with van der Waals surface area (Å²) in [5.41, 5.74) is 2.09. The molecule has 0 unspecified atom stereocenters. The van der Waals surface area contributed by atoms with E-state index >= 15 is 0 Å². The van der Waals surface area contributed by atoms with E-state index in [0.29, 0.717) is 34.3 Å². The lowest BCUT2D eigenvalue weighted by molar-refractivity contribution is -0.0504. The second-order valence-corrected chi connectivity index (χ2v) is 9.06. The van der Waals surface area contributed by atoms with Gasteiger partial charge in [0.25, 0.3) is 5.91 Å². The quantitative estimate of drug-likeness (QED) is 0.696. The van der Waals surface area contributed by atoms with E-state index in [4.69, 9.17) is 0 Å². The summed E-state index contributed by atoms with van der Waals surface area (Å²) in [6, 6.07) is 9.33. The third kappa shape index (κ3) is 4.61. The van der Waals surface area contributed by atoms with Gasteiger partial charge in [-0.15, -0.1) is 0 Å². The Labute approximate surface area is 169 Å². The molecule has 1 amide bonds. The zero-order valence-corrected chi connectivity index (χ0v) is 17.2. The van der Waals surface area contributed by atoms with E-state index in [2.05, 4.69) is 26.0 Å². The number of amides is 1. The van der Waals surface area contributed by atoms with Crippen LogP contribution in [0, 0.1) is 0 Å². The molecule has 0 saturated heterocycles. The molecule has 0 fully saturated rings. The Bertz CT molecular complexity index is 1010. The van der Waals surface area contributed by atoms with Gasteiger partial charge >= 0.3 is 6.61 Å². The van der Waals surface area contributed by atoms with Crippen LogP contribution >= 0.6 is 15.9 Å². The maximum atomic E-state index is 12.5. The summed E-state index contributed by atoms with van der Waals surface area (Å²) >= 11 is 3.26. The van der Waals surface area contributed by atoms with Crippen LogP contribution in [0.25, 0.3) is 0 Å². The predicted octanol–water partition coefficient (Wildman–Crippen LogP) is 3.30. The number of halogens is 3. The Kier molecular flexibility index (Phi) is 5.90. The molecular formula is C18H17BrF2N2O4S. The van der Waals surface area contributed by atoms with Crippen molar-refractivity contribution in [3.05, 3.63) is 57.6 Å². The first-order chi connectivity index (χ1) is 13.1. The normalized spacial score (nSPS) is 13.5. The minimum Gasteiger partial charge on any atom is -0.434 e. The predicted molar refractivity (Wildman–Crippen MR) is 104 cm³/mol. The molecule has 0 aromatic heterocycles. The van der Waals surface area contributed by atoms with Crippen molar-refractivity contribution in [3.63, 3.8) is 0 Å². The fraction of sp³-hybridized carbons (Fsp3) is 0.278. The highest BCUT2D eigenvalue weighted by atomic mass is 79.9. The highest BCUT2D eigenvalue weighted by molar-refractivity contribution is 9.10. The lowest BCUT2D eigenvalue weighted by Crippen LogP contribution is -2.27. The first-order valence-electron chi connectivity index (χ1n) is 8.27. The molecule has 28 heavy (non-hydrogen) atoms. The lowest BCUT2D eigenvalue weighted by atomic mass is 10.1. The lowest BCUT2D eigenvalue weighted by Gasteiger charge is -2.16. The third-order valence-corrected chi connectivity index (χ3v) is 5.95. The van der Waals surface area contributed by atoms with Crippen LogP contribution in [-0.4, -0.2) is 33.7 Å². The number of nitrogens with zero attached hydrogens (tertiary/aromatic N) is 1. The van der Waals surface area contributed by atoms with E-state index in [1.54, 1.807) is 24.3 Å². The van der Waals surface area contributed by atoms with Gasteiger partial charge in [0.1, 0.15) is 5.75 Å². The van der Waals surface area contributed by atoms with E-state index in [9.17, 15) is 22.0 Å². The summed E-state index contributed by atoms with van der Waals surface area (Å²) in [5, 5.41) is 2.67. The Morgan fingerprint density at radius 3 is 2.71 bits per heavy atom. The largest absolute Gasteiger partial charge is 0.434 e. The van der Waals surface area contributed by atoms with Gasteiger partial charge in [0, 0.05) is 28.7 Å². The van der Waals surface area contributed by atoms with Crippen molar-refractivity contribution in [2.75, 3.05) is 17.1 Å². The van der Waals surface area contributed by atoms with Gasteiger partial charge < -0.3 is 10.1 Å². The number of ether oxygens (including phenoxy) is 1. The molecule has 2 aromatic carbocycles. The standard InChI is InChI=1S/C18H17BrF2N2O4S/c1-28(25,26)23-7-6-11-8-12(2-4-15(11)23)17(24)22-10-13-9-14(19)3-5-16(13)27-18(20)21/h2-5,8-9,18H,6-7,10H2,1H3,(H,22,24). The number of carbonyl (C=O) groups is 1. The number of rotatable bonds is 6. The van der Waals surface area contributed by atoms with Crippen LogP contribution in [0.1, 0.15) is 21.5 Å². The van der Waals surface area contributed by atoms with E-state index in [1.807, 2.05) is 0 Å². The van der Waals surface area contributed by atoms with Crippen molar-refractivity contribution in [3.8, 4) is 5.75 Å². The minimum atomic E-state index is -3.36. The van der Waals surface area contributed by atoms with E-state index in [-0.39, 0.29) is 12.3 Å². The van der Waals surface area contributed by atoms with Gasteiger partial charge in [0.05, 0.1) is 11.9 Å². The Hall–Kier alpha value is -2.20. The van der Waals surface area contributed by atoms with Gasteiger partial charge in [-0.1, -0.05) is 15.9 Å². The van der Waals surface area contributed by atoms with Gasteiger partial charge in [0.15, 0.2) is 0 Å². The number of fused-ring (bicyclic) bond motifs is 1. The van der Waals surface area contributed by atoms with Crippen molar-refractivity contribution < 1.29 is 26.7 Å². The molecule has 0 bridgehead atoms. The van der Waals surface area contributed by atoms with E-state index in [1.165, 1.54) is 16.4 Å². The van der Waals surface area contributed by atoms with Crippen LogP contribution in [0.5, 0.6) is 5.75 Å². The van der Waals surface area contributed by atoms with Crippen molar-refractivity contribution in [2.24, 2.45) is 0 Å².